The van der Waals surface area contributed by atoms with Crippen LogP contribution in [-0.4, -0.2) is 35.3 Å². The van der Waals surface area contributed by atoms with Gasteiger partial charge in [0.1, 0.15) is 6.10 Å². The SMILES string of the molecule is CC(=O)C(O)CCCC/C=C/B1OC(C)(C)C(C)(C)O1. The molecule has 1 aliphatic heterocycles. The lowest BCUT2D eigenvalue weighted by Crippen LogP contribution is -2.41. The van der Waals surface area contributed by atoms with Crippen molar-refractivity contribution in [3.8, 4) is 0 Å². The number of aliphatic hydroxyl groups is 1. The first-order valence-corrected chi connectivity index (χ1v) is 7.36. The summed E-state index contributed by atoms with van der Waals surface area (Å²) in [6.45, 7) is 9.55. The molecular weight excluding hydrogens is 255 g/mol. The second kappa shape index (κ2) is 6.88. The van der Waals surface area contributed by atoms with Crippen LogP contribution >= 0.6 is 0 Å². The van der Waals surface area contributed by atoms with E-state index in [0.29, 0.717) is 6.42 Å². The van der Waals surface area contributed by atoms with Crippen LogP contribution in [0.5, 0.6) is 0 Å². The number of aliphatic hydroxyl groups excluding tert-OH is 1. The molecule has 0 saturated carbocycles. The Hall–Kier alpha value is -0.645. The molecule has 0 bridgehead atoms. The fourth-order valence-corrected chi connectivity index (χ4v) is 1.98. The molecule has 0 radical (unpaired) electrons. The molecule has 1 rings (SSSR count). The third-order valence-corrected chi connectivity index (χ3v) is 4.13. The highest BCUT2D eigenvalue weighted by Crippen LogP contribution is 2.36. The lowest BCUT2D eigenvalue weighted by atomic mass is 9.89. The molecule has 1 fully saturated rings. The van der Waals surface area contributed by atoms with E-state index in [1.54, 1.807) is 0 Å². The first kappa shape index (κ1) is 17.4. The van der Waals surface area contributed by atoms with Crippen LogP contribution in [0.3, 0.4) is 0 Å². The molecular formula is C15H27BO4. The second-order valence-electron chi connectivity index (χ2n) is 6.46. The molecule has 1 unspecified atom stereocenters. The maximum Gasteiger partial charge on any atom is 0.486 e. The summed E-state index contributed by atoms with van der Waals surface area (Å²) in [5.74, 6) is 1.79. The Labute approximate surface area is 122 Å². The molecule has 0 aliphatic carbocycles. The van der Waals surface area contributed by atoms with Gasteiger partial charge in [-0.25, -0.2) is 0 Å². The Morgan fingerprint density at radius 1 is 1.20 bits per heavy atom. The molecule has 20 heavy (non-hydrogen) atoms. The molecule has 1 aliphatic rings. The number of carbonyl (C=O) groups excluding carboxylic acids is 1. The minimum absolute atomic E-state index is 0.155. The highest BCUT2D eigenvalue weighted by atomic mass is 16.7. The van der Waals surface area contributed by atoms with Gasteiger partial charge in [-0.1, -0.05) is 18.5 Å². The van der Waals surface area contributed by atoms with Crippen molar-refractivity contribution in [2.75, 3.05) is 0 Å². The predicted molar refractivity (Wildman–Crippen MR) is 80.4 cm³/mol. The van der Waals surface area contributed by atoms with Gasteiger partial charge in [-0.2, -0.15) is 0 Å². The highest BCUT2D eigenvalue weighted by molar-refractivity contribution is 6.51. The number of ketones is 1. The van der Waals surface area contributed by atoms with Crippen LogP contribution < -0.4 is 0 Å². The van der Waals surface area contributed by atoms with Gasteiger partial charge in [-0.15, -0.1) is 0 Å². The van der Waals surface area contributed by atoms with Crippen LogP contribution in [0.1, 0.15) is 60.3 Å². The lowest BCUT2D eigenvalue weighted by molar-refractivity contribution is -0.125. The highest BCUT2D eigenvalue weighted by Gasteiger charge is 2.49. The van der Waals surface area contributed by atoms with E-state index < -0.39 is 6.10 Å². The van der Waals surface area contributed by atoms with E-state index in [9.17, 15) is 9.90 Å². The summed E-state index contributed by atoms with van der Waals surface area (Å²) < 4.78 is 11.7. The first-order chi connectivity index (χ1) is 9.16. The normalized spacial score (nSPS) is 22.4. The van der Waals surface area contributed by atoms with E-state index in [2.05, 4.69) is 0 Å². The van der Waals surface area contributed by atoms with Crippen molar-refractivity contribution in [1.82, 2.24) is 0 Å². The van der Waals surface area contributed by atoms with Gasteiger partial charge in [-0.05, 0) is 53.9 Å². The molecule has 0 spiro atoms. The number of allylic oxidation sites excluding steroid dienone is 1. The fourth-order valence-electron chi connectivity index (χ4n) is 1.98. The molecule has 1 atom stereocenters. The van der Waals surface area contributed by atoms with Crippen LogP contribution in [0.2, 0.25) is 0 Å². The molecule has 1 saturated heterocycles. The van der Waals surface area contributed by atoms with E-state index in [-0.39, 0.29) is 24.1 Å². The van der Waals surface area contributed by atoms with Gasteiger partial charge < -0.3 is 14.4 Å². The number of hydrogen-bond donors (Lipinski definition) is 1. The predicted octanol–water partition coefficient (Wildman–Crippen LogP) is 2.68. The van der Waals surface area contributed by atoms with Crippen molar-refractivity contribution in [2.24, 2.45) is 0 Å². The van der Waals surface area contributed by atoms with Gasteiger partial charge in [-0.3, -0.25) is 4.79 Å². The number of rotatable bonds is 7. The maximum absolute atomic E-state index is 10.9. The minimum Gasteiger partial charge on any atom is -0.400 e. The molecule has 114 valence electrons. The quantitative estimate of drug-likeness (QED) is 0.576. The first-order valence-electron chi connectivity index (χ1n) is 7.36. The third-order valence-electron chi connectivity index (χ3n) is 4.13. The molecule has 1 heterocycles. The minimum atomic E-state index is -0.804. The Bertz CT molecular complexity index is 347. The van der Waals surface area contributed by atoms with Gasteiger partial charge in [0, 0.05) is 0 Å². The van der Waals surface area contributed by atoms with E-state index in [1.165, 1.54) is 6.92 Å². The average Bonchev–Trinajstić information content (AvgIpc) is 2.51. The Kier molecular flexibility index (Phi) is 5.98. The van der Waals surface area contributed by atoms with Crippen molar-refractivity contribution in [3.63, 3.8) is 0 Å². The zero-order valence-electron chi connectivity index (χ0n) is 13.3. The van der Waals surface area contributed by atoms with Crippen molar-refractivity contribution >= 4 is 12.9 Å². The van der Waals surface area contributed by atoms with Crippen LogP contribution in [0, 0.1) is 0 Å². The molecule has 0 aromatic carbocycles. The molecule has 0 aromatic rings. The summed E-state index contributed by atoms with van der Waals surface area (Å²) in [7, 11) is -0.289. The summed E-state index contributed by atoms with van der Waals surface area (Å²) in [5.41, 5.74) is -0.596. The van der Waals surface area contributed by atoms with Crippen molar-refractivity contribution in [2.45, 2.75) is 77.6 Å². The van der Waals surface area contributed by atoms with E-state index >= 15 is 0 Å². The van der Waals surface area contributed by atoms with Gasteiger partial charge in [0.25, 0.3) is 0 Å². The Morgan fingerprint density at radius 2 is 1.75 bits per heavy atom. The van der Waals surface area contributed by atoms with Gasteiger partial charge in [0.15, 0.2) is 5.78 Å². The monoisotopic (exact) mass is 282 g/mol. The van der Waals surface area contributed by atoms with Crippen LogP contribution in [0.25, 0.3) is 0 Å². The largest absolute Gasteiger partial charge is 0.486 e. The van der Waals surface area contributed by atoms with Crippen molar-refractivity contribution in [1.29, 1.82) is 0 Å². The number of Topliss-reactive ketones (excluding diaryl/α,β-unsaturated/α-hetero) is 1. The van der Waals surface area contributed by atoms with Gasteiger partial charge in [0.05, 0.1) is 11.2 Å². The smallest absolute Gasteiger partial charge is 0.400 e. The second-order valence-corrected chi connectivity index (χ2v) is 6.46. The van der Waals surface area contributed by atoms with Crippen LogP contribution in [0.4, 0.5) is 0 Å². The summed E-state index contributed by atoms with van der Waals surface area (Å²) in [5, 5.41) is 9.36. The van der Waals surface area contributed by atoms with Gasteiger partial charge in [0.2, 0.25) is 0 Å². The number of hydrogen-bond acceptors (Lipinski definition) is 4. The standard InChI is InChI=1S/C15H27BO4/c1-12(17)13(18)10-8-6-7-9-11-16-19-14(2,3)15(4,5)20-16/h9,11,13,18H,6-8,10H2,1-5H3/b11-9+. The Morgan fingerprint density at radius 3 is 2.25 bits per heavy atom. The van der Waals surface area contributed by atoms with Crippen LogP contribution in [-0.2, 0) is 14.1 Å². The summed E-state index contributed by atoms with van der Waals surface area (Å²) in [4.78, 5) is 10.9. The van der Waals surface area contributed by atoms with E-state index in [0.717, 1.165) is 19.3 Å². The number of carbonyl (C=O) groups is 1. The molecule has 0 amide bonds. The van der Waals surface area contributed by atoms with Crippen molar-refractivity contribution < 1.29 is 19.2 Å². The van der Waals surface area contributed by atoms with Crippen LogP contribution in [0.15, 0.2) is 12.1 Å². The summed E-state index contributed by atoms with van der Waals surface area (Å²) in [6.07, 6.45) is 4.47. The average molecular weight is 282 g/mol. The van der Waals surface area contributed by atoms with E-state index in [4.69, 9.17) is 9.31 Å². The Balaban J connectivity index is 2.22. The van der Waals surface area contributed by atoms with E-state index in [1.807, 2.05) is 39.7 Å². The lowest BCUT2D eigenvalue weighted by Gasteiger charge is -2.32. The molecule has 4 nitrogen and oxygen atoms in total. The fraction of sp³-hybridized carbons (Fsp3) is 0.800. The molecule has 0 aromatic heterocycles. The third kappa shape index (κ3) is 4.72. The molecule has 5 heteroatoms. The van der Waals surface area contributed by atoms with Crippen molar-refractivity contribution in [3.05, 3.63) is 12.1 Å². The molecule has 1 N–H and O–H groups in total. The summed E-state index contributed by atoms with van der Waals surface area (Å²) >= 11 is 0. The maximum atomic E-state index is 10.9. The number of unbranched alkanes of at least 4 members (excludes halogenated alkanes) is 2. The zero-order valence-corrected chi connectivity index (χ0v) is 13.3. The summed E-state index contributed by atoms with van der Waals surface area (Å²) in [6, 6.07) is 0. The zero-order chi connectivity index (χ0) is 15.4. The topological polar surface area (TPSA) is 55.8 Å². The van der Waals surface area contributed by atoms with Gasteiger partial charge >= 0.3 is 7.12 Å².